The van der Waals surface area contributed by atoms with Crippen LogP contribution in [0.1, 0.15) is 49.0 Å². The third kappa shape index (κ3) is 6.40. The van der Waals surface area contributed by atoms with E-state index in [0.717, 1.165) is 29.6 Å². The van der Waals surface area contributed by atoms with E-state index >= 15 is 0 Å². The molecule has 21 heavy (non-hydrogen) atoms. The average molecular weight is 282 g/mol. The lowest BCUT2D eigenvalue weighted by molar-refractivity contribution is 0.0855. The van der Waals surface area contributed by atoms with Crippen LogP contribution in [0.2, 0.25) is 0 Å². The lowest BCUT2D eigenvalue weighted by atomic mass is 9.80. The Morgan fingerprint density at radius 3 is 1.86 bits per heavy atom. The predicted octanol–water partition coefficient (Wildman–Crippen LogP) is 5.67. The van der Waals surface area contributed by atoms with Gasteiger partial charge in [-0.3, -0.25) is 4.79 Å². The van der Waals surface area contributed by atoms with Crippen molar-refractivity contribution in [1.29, 1.82) is 0 Å². The summed E-state index contributed by atoms with van der Waals surface area (Å²) in [6.45, 7) is 13.4. The largest absolute Gasteiger partial charge is 0.294 e. The fourth-order valence-electron chi connectivity index (χ4n) is 1.91. The van der Waals surface area contributed by atoms with E-state index in [-0.39, 0.29) is 0 Å². The first kappa shape index (κ1) is 17.2. The maximum absolute atomic E-state index is 11.7. The molecule has 0 radical (unpaired) electrons. The van der Waals surface area contributed by atoms with Crippen LogP contribution in [-0.2, 0) is 0 Å². The van der Waals surface area contributed by atoms with Gasteiger partial charge in [0.05, 0.1) is 0 Å². The van der Waals surface area contributed by atoms with Gasteiger partial charge in [-0.05, 0) is 33.6 Å². The third-order valence-corrected chi connectivity index (χ3v) is 3.46. The second-order valence-corrected chi connectivity index (χ2v) is 5.88. The van der Waals surface area contributed by atoms with Crippen LogP contribution in [0.5, 0.6) is 0 Å². The Hall–Kier alpha value is -1.89. The molecule has 1 saturated carbocycles. The van der Waals surface area contributed by atoms with E-state index in [1.807, 2.05) is 57.2 Å². The zero-order valence-corrected chi connectivity index (χ0v) is 13.5. The molecule has 0 heterocycles. The molecule has 1 heteroatoms. The summed E-state index contributed by atoms with van der Waals surface area (Å²) in [5.41, 5.74) is 4.22. The molecule has 112 valence electrons. The van der Waals surface area contributed by atoms with Crippen LogP contribution in [0.4, 0.5) is 0 Å². The lowest BCUT2D eigenvalue weighted by Crippen LogP contribution is -2.21. The highest BCUT2D eigenvalue weighted by Crippen LogP contribution is 2.29. The molecule has 0 spiro atoms. The number of ketones is 1. The van der Waals surface area contributed by atoms with Crippen molar-refractivity contribution in [2.24, 2.45) is 5.92 Å². The fraction of sp³-hybridized carbons (Fsp3) is 0.350. The van der Waals surface area contributed by atoms with Gasteiger partial charge in [0.1, 0.15) is 0 Å². The molecule has 0 bridgehead atoms. The Bertz CT molecular complexity index is 511. The van der Waals surface area contributed by atoms with Gasteiger partial charge in [0.25, 0.3) is 0 Å². The molecule has 0 amide bonds. The van der Waals surface area contributed by atoms with E-state index in [1.165, 1.54) is 12.0 Å². The highest BCUT2D eigenvalue weighted by atomic mass is 16.1. The zero-order valence-electron chi connectivity index (χ0n) is 13.5. The van der Waals surface area contributed by atoms with Gasteiger partial charge in [-0.25, -0.2) is 0 Å². The Balaban J connectivity index is 0.000000240. The fourth-order valence-corrected chi connectivity index (χ4v) is 1.91. The minimum atomic E-state index is 0.322. The van der Waals surface area contributed by atoms with E-state index in [1.54, 1.807) is 0 Å². The van der Waals surface area contributed by atoms with Gasteiger partial charge >= 0.3 is 0 Å². The lowest BCUT2D eigenvalue weighted by Gasteiger charge is -2.23. The molecule has 0 atom stereocenters. The van der Waals surface area contributed by atoms with Gasteiger partial charge < -0.3 is 0 Å². The number of Topliss-reactive ketones (excluding diaryl/α,β-unsaturated/α-hetero) is 1. The monoisotopic (exact) mass is 282 g/mol. The molecule has 1 aliphatic rings. The van der Waals surface area contributed by atoms with Crippen molar-refractivity contribution in [3.8, 4) is 0 Å². The number of carbonyl (C=O) groups excluding carboxylic acids is 1. The maximum atomic E-state index is 11.7. The summed E-state index contributed by atoms with van der Waals surface area (Å²) in [4.78, 5) is 11.7. The highest BCUT2D eigenvalue weighted by Gasteiger charge is 2.25. The molecule has 1 aromatic carbocycles. The van der Waals surface area contributed by atoms with Gasteiger partial charge in [0.15, 0.2) is 5.78 Å². The van der Waals surface area contributed by atoms with E-state index in [9.17, 15) is 4.79 Å². The van der Waals surface area contributed by atoms with Gasteiger partial charge in [0, 0.05) is 11.5 Å². The van der Waals surface area contributed by atoms with Crippen molar-refractivity contribution in [1.82, 2.24) is 0 Å². The van der Waals surface area contributed by atoms with Crippen molar-refractivity contribution in [2.45, 2.75) is 40.0 Å². The van der Waals surface area contributed by atoms with Crippen LogP contribution in [0, 0.1) is 12.8 Å². The maximum Gasteiger partial charge on any atom is 0.165 e. The molecule has 2 rings (SSSR count). The van der Waals surface area contributed by atoms with E-state index < -0.39 is 0 Å². The Labute approximate surface area is 129 Å². The number of rotatable bonds is 4. The minimum Gasteiger partial charge on any atom is -0.294 e. The number of carbonyl (C=O) groups is 1. The Morgan fingerprint density at radius 1 is 1.05 bits per heavy atom. The normalized spacial score (nSPS) is 14.0. The van der Waals surface area contributed by atoms with Gasteiger partial charge in [-0.2, -0.15) is 0 Å². The molecule has 1 nitrogen and oxygen atoms in total. The molecular weight excluding hydrogens is 256 g/mol. The standard InChI is InChI=1S/C12H14O.C8H12/c1-9-5-7-11(8-6-9)12(13)10-3-2-4-10;1-7(2)5-6-8(3)4/h5-8,10H,2-4H2,1H3;5-6H,1,3H2,2,4H3/b;6-5-. The zero-order chi connectivity index (χ0) is 15.8. The van der Waals surface area contributed by atoms with Crippen LogP contribution >= 0.6 is 0 Å². The molecule has 0 saturated heterocycles. The van der Waals surface area contributed by atoms with Gasteiger partial charge in [0.2, 0.25) is 0 Å². The van der Waals surface area contributed by atoms with Crippen molar-refractivity contribution < 1.29 is 4.79 Å². The summed E-state index contributed by atoms with van der Waals surface area (Å²) in [5.74, 6) is 0.661. The Kier molecular flexibility index (Phi) is 6.87. The van der Waals surface area contributed by atoms with Gasteiger partial charge in [-0.1, -0.05) is 72.7 Å². The molecule has 0 aromatic heterocycles. The minimum absolute atomic E-state index is 0.322. The summed E-state index contributed by atoms with van der Waals surface area (Å²) >= 11 is 0. The summed E-state index contributed by atoms with van der Waals surface area (Å²) in [6.07, 6.45) is 7.30. The third-order valence-electron chi connectivity index (χ3n) is 3.46. The first-order valence-electron chi connectivity index (χ1n) is 7.50. The molecule has 1 aliphatic carbocycles. The summed E-state index contributed by atoms with van der Waals surface area (Å²) in [5, 5.41) is 0. The first-order valence-corrected chi connectivity index (χ1v) is 7.50. The molecule has 1 aromatic rings. The van der Waals surface area contributed by atoms with Crippen molar-refractivity contribution in [3.63, 3.8) is 0 Å². The van der Waals surface area contributed by atoms with Crippen molar-refractivity contribution in [3.05, 3.63) is 71.8 Å². The van der Waals surface area contributed by atoms with Crippen LogP contribution < -0.4 is 0 Å². The molecule has 0 aliphatic heterocycles. The van der Waals surface area contributed by atoms with Crippen LogP contribution in [-0.4, -0.2) is 5.78 Å². The van der Waals surface area contributed by atoms with Crippen LogP contribution in [0.3, 0.4) is 0 Å². The van der Waals surface area contributed by atoms with Crippen LogP contribution in [0.15, 0.2) is 60.7 Å². The summed E-state index contributed by atoms with van der Waals surface area (Å²) in [7, 11) is 0. The number of benzene rings is 1. The number of hydrogen-bond acceptors (Lipinski definition) is 1. The predicted molar refractivity (Wildman–Crippen MR) is 91.6 cm³/mol. The second-order valence-electron chi connectivity index (χ2n) is 5.88. The van der Waals surface area contributed by atoms with E-state index in [2.05, 4.69) is 13.2 Å². The second kappa shape index (κ2) is 8.41. The van der Waals surface area contributed by atoms with E-state index in [4.69, 9.17) is 0 Å². The molecule has 1 fully saturated rings. The molecule has 0 N–H and O–H groups in total. The number of hydrogen-bond donors (Lipinski definition) is 0. The quantitative estimate of drug-likeness (QED) is 0.513. The van der Waals surface area contributed by atoms with E-state index in [0.29, 0.717) is 11.7 Å². The topological polar surface area (TPSA) is 17.1 Å². The first-order chi connectivity index (χ1) is 9.90. The van der Waals surface area contributed by atoms with Crippen LogP contribution in [0.25, 0.3) is 0 Å². The molecule has 0 unspecified atom stereocenters. The smallest absolute Gasteiger partial charge is 0.165 e. The number of allylic oxidation sites excluding steroid dienone is 4. The number of aryl methyl sites for hydroxylation is 1. The van der Waals surface area contributed by atoms with Crippen molar-refractivity contribution >= 4 is 5.78 Å². The summed E-state index contributed by atoms with van der Waals surface area (Å²) < 4.78 is 0. The van der Waals surface area contributed by atoms with Gasteiger partial charge in [-0.15, -0.1) is 0 Å². The summed E-state index contributed by atoms with van der Waals surface area (Å²) in [6, 6.07) is 7.89. The molecular formula is C20H26O. The Morgan fingerprint density at radius 2 is 1.52 bits per heavy atom. The SMILES string of the molecule is C=C(C)/C=C\C(=C)C.Cc1ccc(C(=O)C2CCC2)cc1. The average Bonchev–Trinajstić information content (AvgIpc) is 2.36. The van der Waals surface area contributed by atoms with Crippen molar-refractivity contribution in [2.75, 3.05) is 0 Å². The highest BCUT2D eigenvalue weighted by molar-refractivity contribution is 5.98.